The number of rotatable bonds is 9. The number of aryl methyl sites for hydroxylation is 1. The van der Waals surface area contributed by atoms with Crippen molar-refractivity contribution < 1.29 is 36.5 Å². The van der Waals surface area contributed by atoms with E-state index in [-0.39, 0.29) is 40.7 Å². The van der Waals surface area contributed by atoms with Crippen molar-refractivity contribution in [2.24, 2.45) is 5.92 Å². The Balaban J connectivity index is 2.08. The molecule has 0 fully saturated rings. The predicted octanol–water partition coefficient (Wildman–Crippen LogP) is 3.85. The molecular formula is C25H26O8S. The molecule has 0 spiro atoms. The highest BCUT2D eigenvalue weighted by Crippen LogP contribution is 2.40. The molecule has 1 atom stereocenters. The van der Waals surface area contributed by atoms with E-state index in [0.29, 0.717) is 29.4 Å². The van der Waals surface area contributed by atoms with Gasteiger partial charge in [0.15, 0.2) is 12.0 Å². The van der Waals surface area contributed by atoms with Gasteiger partial charge in [0.05, 0.1) is 7.11 Å². The van der Waals surface area contributed by atoms with Crippen molar-refractivity contribution in [3.05, 3.63) is 69.8 Å². The number of ether oxygens (including phenoxy) is 2. The standard InChI is InChI=1S/C25H26O8S/c1-15-5-9-18(10-6-15)34(29,30)33-24-19(11-7-16(2)8-12-22(27)31-4)20(13-26)17(3)21-14-32-25(28)23(21)24/h5-6,8-10,12-13,16H,7,11,14H2,1-4H3/b12-8+. The Hall–Kier alpha value is -3.46. The molecule has 0 saturated heterocycles. The van der Waals surface area contributed by atoms with E-state index in [0.717, 1.165) is 5.56 Å². The number of carbonyl (C=O) groups is 3. The molecule has 180 valence electrons. The first-order valence-electron chi connectivity index (χ1n) is 10.7. The maximum Gasteiger partial charge on any atom is 0.342 e. The van der Waals surface area contributed by atoms with Gasteiger partial charge < -0.3 is 13.7 Å². The normalized spacial score (nSPS) is 13.9. The fraction of sp³-hybridized carbons (Fsp3) is 0.320. The number of allylic oxidation sites excluding steroid dienone is 1. The molecule has 1 heterocycles. The first-order valence-corrected chi connectivity index (χ1v) is 12.1. The molecular weight excluding hydrogens is 460 g/mol. The second-order valence-corrected chi connectivity index (χ2v) is 9.69. The maximum atomic E-state index is 13.1. The number of hydrogen-bond donors (Lipinski definition) is 0. The fourth-order valence-corrected chi connectivity index (χ4v) is 4.70. The molecule has 3 rings (SSSR count). The van der Waals surface area contributed by atoms with Crippen molar-refractivity contribution in [1.82, 2.24) is 0 Å². The highest BCUT2D eigenvalue weighted by atomic mass is 32.2. The Labute approximate surface area is 198 Å². The molecule has 0 aliphatic carbocycles. The van der Waals surface area contributed by atoms with Crippen LogP contribution >= 0.6 is 0 Å². The summed E-state index contributed by atoms with van der Waals surface area (Å²) in [5.74, 6) is -1.50. The van der Waals surface area contributed by atoms with Crippen molar-refractivity contribution in [2.75, 3.05) is 7.11 Å². The second kappa shape index (κ2) is 10.2. The summed E-state index contributed by atoms with van der Waals surface area (Å²) < 4.78 is 41.4. The van der Waals surface area contributed by atoms with Crippen molar-refractivity contribution in [3.63, 3.8) is 0 Å². The average Bonchev–Trinajstić information content (AvgIpc) is 3.20. The van der Waals surface area contributed by atoms with Gasteiger partial charge >= 0.3 is 22.1 Å². The third-order valence-electron chi connectivity index (χ3n) is 5.77. The average molecular weight is 487 g/mol. The first-order chi connectivity index (χ1) is 16.1. The molecule has 34 heavy (non-hydrogen) atoms. The van der Waals surface area contributed by atoms with Crippen LogP contribution in [0.1, 0.15) is 56.3 Å². The number of fused-ring (bicyclic) bond motifs is 1. The minimum absolute atomic E-state index is 0.0199. The van der Waals surface area contributed by atoms with E-state index >= 15 is 0 Å². The molecule has 2 aromatic carbocycles. The number of benzene rings is 2. The van der Waals surface area contributed by atoms with Gasteiger partial charge in [0.1, 0.15) is 17.1 Å². The highest BCUT2D eigenvalue weighted by Gasteiger charge is 2.35. The van der Waals surface area contributed by atoms with Crippen LogP contribution in [0.4, 0.5) is 0 Å². The van der Waals surface area contributed by atoms with E-state index in [1.807, 2.05) is 13.8 Å². The number of methoxy groups -OCH3 is 1. The van der Waals surface area contributed by atoms with E-state index in [4.69, 9.17) is 8.92 Å². The summed E-state index contributed by atoms with van der Waals surface area (Å²) in [6, 6.07) is 6.10. The Kier molecular flexibility index (Phi) is 7.56. The highest BCUT2D eigenvalue weighted by molar-refractivity contribution is 7.87. The summed E-state index contributed by atoms with van der Waals surface area (Å²) in [5.41, 5.74) is 2.44. The van der Waals surface area contributed by atoms with Crippen LogP contribution in [0.5, 0.6) is 5.75 Å². The third kappa shape index (κ3) is 5.20. The van der Waals surface area contributed by atoms with E-state index in [9.17, 15) is 22.8 Å². The monoisotopic (exact) mass is 486 g/mol. The zero-order valence-corrected chi connectivity index (χ0v) is 20.2. The van der Waals surface area contributed by atoms with Crippen LogP contribution in [-0.2, 0) is 37.4 Å². The maximum absolute atomic E-state index is 13.1. The van der Waals surface area contributed by atoms with E-state index in [1.165, 1.54) is 25.3 Å². The second-order valence-electron chi connectivity index (χ2n) is 8.14. The molecule has 0 radical (unpaired) electrons. The molecule has 0 bridgehead atoms. The van der Waals surface area contributed by atoms with Gasteiger partial charge in [-0.05, 0) is 50.3 Å². The van der Waals surface area contributed by atoms with Gasteiger partial charge in [0, 0.05) is 22.8 Å². The lowest BCUT2D eigenvalue weighted by atomic mass is 9.89. The predicted molar refractivity (Wildman–Crippen MR) is 123 cm³/mol. The molecule has 1 aliphatic heterocycles. The van der Waals surface area contributed by atoms with Crippen LogP contribution in [0.25, 0.3) is 0 Å². The van der Waals surface area contributed by atoms with Gasteiger partial charge in [0.25, 0.3) is 0 Å². The van der Waals surface area contributed by atoms with Crippen LogP contribution in [0.2, 0.25) is 0 Å². The molecule has 0 aromatic heterocycles. The lowest BCUT2D eigenvalue weighted by Gasteiger charge is -2.19. The van der Waals surface area contributed by atoms with Crippen molar-refractivity contribution in [3.8, 4) is 5.75 Å². The number of hydrogen-bond acceptors (Lipinski definition) is 8. The van der Waals surface area contributed by atoms with E-state index in [2.05, 4.69) is 4.74 Å². The van der Waals surface area contributed by atoms with E-state index in [1.54, 1.807) is 25.1 Å². The van der Waals surface area contributed by atoms with Crippen LogP contribution in [0, 0.1) is 19.8 Å². The SMILES string of the molecule is COC(=O)/C=C/C(C)CCc1c(C=O)c(C)c2c(c1OS(=O)(=O)c1ccc(C)cc1)C(=O)OC2. The molecule has 0 saturated carbocycles. The van der Waals surface area contributed by atoms with Gasteiger partial charge in [-0.3, -0.25) is 4.79 Å². The Morgan fingerprint density at radius 3 is 2.50 bits per heavy atom. The van der Waals surface area contributed by atoms with Crippen LogP contribution < -0.4 is 4.18 Å². The molecule has 1 aliphatic rings. The number of esters is 2. The molecule has 0 amide bonds. The molecule has 0 N–H and O–H groups in total. The summed E-state index contributed by atoms with van der Waals surface area (Å²) in [7, 11) is -3.02. The molecule has 9 heteroatoms. The summed E-state index contributed by atoms with van der Waals surface area (Å²) in [6.07, 6.45) is 4.26. The molecule has 8 nitrogen and oxygen atoms in total. The topological polar surface area (TPSA) is 113 Å². The summed E-state index contributed by atoms with van der Waals surface area (Å²) in [5, 5.41) is 0. The fourth-order valence-electron chi connectivity index (χ4n) is 3.73. The van der Waals surface area contributed by atoms with Gasteiger partial charge in [-0.15, -0.1) is 0 Å². The number of cyclic esters (lactones) is 1. The Bertz CT molecular complexity index is 1260. The van der Waals surface area contributed by atoms with Crippen molar-refractivity contribution in [1.29, 1.82) is 0 Å². The third-order valence-corrected chi connectivity index (χ3v) is 7.00. The summed E-state index contributed by atoms with van der Waals surface area (Å²) >= 11 is 0. The zero-order valence-electron chi connectivity index (χ0n) is 19.4. The van der Waals surface area contributed by atoms with Gasteiger partial charge in [-0.1, -0.05) is 30.7 Å². The van der Waals surface area contributed by atoms with Crippen LogP contribution in [0.3, 0.4) is 0 Å². The smallest absolute Gasteiger partial charge is 0.342 e. The summed E-state index contributed by atoms with van der Waals surface area (Å²) in [6.45, 7) is 5.30. The van der Waals surface area contributed by atoms with Gasteiger partial charge in [-0.25, -0.2) is 9.59 Å². The first kappa shape index (κ1) is 25.2. The van der Waals surface area contributed by atoms with Gasteiger partial charge in [-0.2, -0.15) is 8.42 Å². The number of aldehydes is 1. The molecule has 2 aromatic rings. The lowest BCUT2D eigenvalue weighted by molar-refractivity contribution is -0.134. The van der Waals surface area contributed by atoms with Crippen molar-refractivity contribution in [2.45, 2.75) is 45.1 Å². The zero-order chi connectivity index (χ0) is 25.0. The Morgan fingerprint density at radius 1 is 1.21 bits per heavy atom. The number of carbonyl (C=O) groups excluding carboxylic acids is 3. The largest absolute Gasteiger partial charge is 0.466 e. The quantitative estimate of drug-likeness (QED) is 0.227. The molecule has 1 unspecified atom stereocenters. The van der Waals surface area contributed by atoms with Crippen LogP contribution in [-0.4, -0.2) is 33.8 Å². The Morgan fingerprint density at radius 2 is 1.88 bits per heavy atom. The summed E-state index contributed by atoms with van der Waals surface area (Å²) in [4.78, 5) is 35.9. The van der Waals surface area contributed by atoms with Crippen LogP contribution in [0.15, 0.2) is 41.3 Å². The van der Waals surface area contributed by atoms with Crippen molar-refractivity contribution >= 4 is 28.3 Å². The lowest BCUT2D eigenvalue weighted by Crippen LogP contribution is -2.16. The minimum atomic E-state index is -4.30. The minimum Gasteiger partial charge on any atom is -0.466 e. The van der Waals surface area contributed by atoms with E-state index < -0.39 is 22.1 Å². The van der Waals surface area contributed by atoms with Gasteiger partial charge in [0.2, 0.25) is 0 Å².